The lowest BCUT2D eigenvalue weighted by Crippen LogP contribution is -2.36. The molecule has 1 N–H and O–H groups in total. The van der Waals surface area contributed by atoms with E-state index in [0.717, 1.165) is 16.5 Å². The predicted molar refractivity (Wildman–Crippen MR) is 81.9 cm³/mol. The Labute approximate surface area is 126 Å². The molecular weight excluding hydrogens is 318 g/mol. The molecule has 1 aromatic carbocycles. The van der Waals surface area contributed by atoms with Crippen LogP contribution in [0.25, 0.3) is 0 Å². The minimum atomic E-state index is -0.323. The van der Waals surface area contributed by atoms with Crippen LogP contribution in [-0.2, 0) is 11.2 Å². The van der Waals surface area contributed by atoms with Crippen LogP contribution in [0.5, 0.6) is 0 Å². The zero-order valence-corrected chi connectivity index (χ0v) is 13.0. The van der Waals surface area contributed by atoms with Crippen molar-refractivity contribution in [1.82, 2.24) is 4.98 Å². The van der Waals surface area contributed by atoms with Gasteiger partial charge in [-0.15, -0.1) is 0 Å². The van der Waals surface area contributed by atoms with Gasteiger partial charge in [-0.25, -0.2) is 0 Å². The fourth-order valence-electron chi connectivity index (χ4n) is 2.73. The maximum atomic E-state index is 12.1. The second-order valence-corrected chi connectivity index (χ2v) is 6.65. The molecule has 0 aliphatic carbocycles. The highest BCUT2D eigenvalue weighted by atomic mass is 79.9. The highest BCUT2D eigenvalue weighted by Crippen LogP contribution is 2.39. The van der Waals surface area contributed by atoms with Crippen LogP contribution >= 0.6 is 15.9 Å². The molecule has 2 aromatic rings. The predicted octanol–water partition coefficient (Wildman–Crippen LogP) is 3.58. The van der Waals surface area contributed by atoms with Crippen LogP contribution in [0.3, 0.4) is 0 Å². The lowest BCUT2D eigenvalue weighted by atomic mass is 9.86. The maximum Gasteiger partial charge on any atom is 0.254 e. The normalized spacial score (nSPS) is 20.4. The van der Waals surface area contributed by atoms with Crippen LogP contribution in [-0.4, -0.2) is 10.6 Å². The smallest absolute Gasteiger partial charge is 0.254 e. The summed E-state index contributed by atoms with van der Waals surface area (Å²) in [6.45, 7) is 4.12. The first kappa shape index (κ1) is 13.6. The number of aromatic nitrogens is 1. The lowest BCUT2D eigenvalue weighted by molar-refractivity contribution is -0.0673. The van der Waals surface area contributed by atoms with E-state index in [4.69, 9.17) is 4.74 Å². The van der Waals surface area contributed by atoms with Crippen molar-refractivity contribution in [1.29, 1.82) is 0 Å². The van der Waals surface area contributed by atoms with Gasteiger partial charge in [0.1, 0.15) is 6.10 Å². The number of aromatic amines is 1. The largest absolute Gasteiger partial charge is 0.362 e. The minimum Gasteiger partial charge on any atom is -0.362 e. The van der Waals surface area contributed by atoms with Crippen molar-refractivity contribution in [2.75, 3.05) is 0 Å². The molecule has 0 saturated heterocycles. The van der Waals surface area contributed by atoms with Gasteiger partial charge < -0.3 is 9.72 Å². The van der Waals surface area contributed by atoms with E-state index < -0.39 is 0 Å². The third-order valence-corrected chi connectivity index (χ3v) is 4.07. The number of halogens is 1. The molecule has 0 saturated carbocycles. The molecule has 3 nitrogen and oxygen atoms in total. The molecule has 20 heavy (non-hydrogen) atoms. The molecule has 0 amide bonds. The number of fused-ring (bicyclic) bond motifs is 1. The number of benzene rings is 1. The SMILES string of the molecule is CC1(C)Cc2ccc(Br)cc2C(c2ccc[nH]c2=O)O1. The van der Waals surface area contributed by atoms with Gasteiger partial charge >= 0.3 is 0 Å². The average molecular weight is 334 g/mol. The van der Waals surface area contributed by atoms with Gasteiger partial charge in [0.05, 0.1) is 11.2 Å². The van der Waals surface area contributed by atoms with Crippen molar-refractivity contribution in [2.45, 2.75) is 32.0 Å². The van der Waals surface area contributed by atoms with Crippen LogP contribution in [0.4, 0.5) is 0 Å². The average Bonchev–Trinajstić information content (AvgIpc) is 2.38. The molecule has 1 aliphatic heterocycles. The highest BCUT2D eigenvalue weighted by Gasteiger charge is 2.34. The Morgan fingerprint density at radius 2 is 2.10 bits per heavy atom. The number of hydrogen-bond donors (Lipinski definition) is 1. The molecule has 0 radical (unpaired) electrons. The zero-order valence-electron chi connectivity index (χ0n) is 11.4. The van der Waals surface area contributed by atoms with E-state index in [0.29, 0.717) is 5.56 Å². The first-order chi connectivity index (χ1) is 9.46. The Balaban J connectivity index is 2.19. The molecule has 1 aromatic heterocycles. The van der Waals surface area contributed by atoms with Gasteiger partial charge in [-0.3, -0.25) is 4.79 Å². The fourth-order valence-corrected chi connectivity index (χ4v) is 3.10. The van der Waals surface area contributed by atoms with Crippen LogP contribution in [0.15, 0.2) is 45.8 Å². The molecular formula is C16H16BrNO2. The minimum absolute atomic E-state index is 0.0962. The molecule has 4 heteroatoms. The van der Waals surface area contributed by atoms with Crippen molar-refractivity contribution in [3.8, 4) is 0 Å². The number of hydrogen-bond acceptors (Lipinski definition) is 2. The number of H-pyrrole nitrogens is 1. The van der Waals surface area contributed by atoms with E-state index in [2.05, 4.69) is 40.8 Å². The fraction of sp³-hybridized carbons (Fsp3) is 0.312. The summed E-state index contributed by atoms with van der Waals surface area (Å²) in [6.07, 6.45) is 2.16. The van der Waals surface area contributed by atoms with Crippen molar-refractivity contribution < 1.29 is 4.74 Å². The monoisotopic (exact) mass is 333 g/mol. The standard InChI is InChI=1S/C16H16BrNO2/c1-16(2)9-10-5-6-11(17)8-13(10)14(20-16)12-4-3-7-18-15(12)19/h3-8,14H,9H2,1-2H3,(H,18,19). The molecule has 0 fully saturated rings. The summed E-state index contributed by atoms with van der Waals surface area (Å²) in [6, 6.07) is 9.84. The van der Waals surface area contributed by atoms with Gasteiger partial charge in [0.2, 0.25) is 0 Å². The van der Waals surface area contributed by atoms with Gasteiger partial charge in [0.15, 0.2) is 0 Å². The summed E-state index contributed by atoms with van der Waals surface area (Å²) in [7, 11) is 0. The van der Waals surface area contributed by atoms with E-state index in [9.17, 15) is 4.79 Å². The molecule has 2 heterocycles. The first-order valence-corrected chi connectivity index (χ1v) is 7.39. The van der Waals surface area contributed by atoms with Gasteiger partial charge in [-0.1, -0.05) is 22.0 Å². The Bertz CT molecular complexity index is 706. The van der Waals surface area contributed by atoms with Crippen LogP contribution in [0.1, 0.15) is 36.6 Å². The van der Waals surface area contributed by atoms with Crippen LogP contribution in [0.2, 0.25) is 0 Å². The van der Waals surface area contributed by atoms with Gasteiger partial charge in [-0.05, 0) is 49.2 Å². The third-order valence-electron chi connectivity index (χ3n) is 3.57. The Morgan fingerprint density at radius 1 is 1.30 bits per heavy atom. The van der Waals surface area contributed by atoms with E-state index >= 15 is 0 Å². The van der Waals surface area contributed by atoms with E-state index in [1.807, 2.05) is 24.3 Å². The quantitative estimate of drug-likeness (QED) is 0.866. The van der Waals surface area contributed by atoms with Crippen molar-refractivity contribution in [3.63, 3.8) is 0 Å². The van der Waals surface area contributed by atoms with Crippen molar-refractivity contribution >= 4 is 15.9 Å². The van der Waals surface area contributed by atoms with Crippen LogP contribution in [0, 0.1) is 0 Å². The molecule has 1 unspecified atom stereocenters. The second kappa shape index (κ2) is 4.86. The van der Waals surface area contributed by atoms with Gasteiger partial charge in [-0.2, -0.15) is 0 Å². The third kappa shape index (κ3) is 2.45. The summed E-state index contributed by atoms with van der Waals surface area (Å²) in [4.78, 5) is 14.8. The lowest BCUT2D eigenvalue weighted by Gasteiger charge is -2.37. The second-order valence-electron chi connectivity index (χ2n) is 5.73. The molecule has 1 atom stereocenters. The molecule has 0 spiro atoms. The number of ether oxygens (including phenoxy) is 1. The molecule has 1 aliphatic rings. The van der Waals surface area contributed by atoms with E-state index in [1.54, 1.807) is 6.20 Å². The Kier molecular flexibility index (Phi) is 3.30. The van der Waals surface area contributed by atoms with E-state index in [1.165, 1.54) is 5.56 Å². The van der Waals surface area contributed by atoms with Crippen molar-refractivity contribution in [3.05, 3.63) is 68.0 Å². The summed E-state index contributed by atoms with van der Waals surface area (Å²) in [5.74, 6) is 0. The topological polar surface area (TPSA) is 42.1 Å². The summed E-state index contributed by atoms with van der Waals surface area (Å²) < 4.78 is 7.18. The zero-order chi connectivity index (χ0) is 14.3. The number of rotatable bonds is 1. The maximum absolute atomic E-state index is 12.1. The van der Waals surface area contributed by atoms with Gasteiger partial charge in [0.25, 0.3) is 5.56 Å². The molecule has 104 valence electrons. The number of pyridine rings is 1. The van der Waals surface area contributed by atoms with Crippen molar-refractivity contribution in [2.24, 2.45) is 0 Å². The molecule has 0 bridgehead atoms. The van der Waals surface area contributed by atoms with E-state index in [-0.39, 0.29) is 17.3 Å². The Morgan fingerprint density at radius 3 is 2.85 bits per heavy atom. The summed E-state index contributed by atoms with van der Waals surface area (Å²) in [5, 5.41) is 0. The highest BCUT2D eigenvalue weighted by molar-refractivity contribution is 9.10. The first-order valence-electron chi connectivity index (χ1n) is 6.60. The van der Waals surface area contributed by atoms with Gasteiger partial charge in [0, 0.05) is 17.1 Å². The van der Waals surface area contributed by atoms with Crippen LogP contribution < -0.4 is 5.56 Å². The summed E-state index contributed by atoms with van der Waals surface area (Å²) >= 11 is 3.50. The molecule has 3 rings (SSSR count). The Hall–Kier alpha value is -1.39. The number of nitrogens with one attached hydrogen (secondary N) is 1. The summed E-state index contributed by atoms with van der Waals surface area (Å²) in [5.41, 5.74) is 2.57.